The molecule has 2 aromatic rings. The summed E-state index contributed by atoms with van der Waals surface area (Å²) >= 11 is 6.50. The third-order valence-electron chi connectivity index (χ3n) is 4.09. The molecule has 0 atom stereocenters. The highest BCUT2D eigenvalue weighted by atomic mass is 32.2. The van der Waals surface area contributed by atoms with E-state index in [0.717, 1.165) is 5.56 Å². The molecule has 1 fully saturated rings. The second kappa shape index (κ2) is 10.1. The number of carbonyl (C=O) groups excluding carboxylic acids is 2. The summed E-state index contributed by atoms with van der Waals surface area (Å²) in [6.07, 6.45) is 3.42. The molecule has 30 heavy (non-hydrogen) atoms. The fourth-order valence-corrected chi connectivity index (χ4v) is 3.92. The zero-order chi connectivity index (χ0) is 21.5. The first-order valence-electron chi connectivity index (χ1n) is 9.03. The van der Waals surface area contributed by atoms with E-state index >= 15 is 0 Å². The van der Waals surface area contributed by atoms with Crippen molar-refractivity contribution in [1.82, 2.24) is 4.90 Å². The van der Waals surface area contributed by atoms with Crippen LogP contribution in [-0.4, -0.2) is 41.3 Å². The van der Waals surface area contributed by atoms with E-state index in [4.69, 9.17) is 21.7 Å². The van der Waals surface area contributed by atoms with E-state index < -0.39 is 0 Å². The van der Waals surface area contributed by atoms with Gasteiger partial charge in [-0.05, 0) is 35.9 Å². The Morgan fingerprint density at radius 2 is 2.00 bits per heavy atom. The molecule has 0 aliphatic carbocycles. The molecule has 3 rings (SSSR count). The predicted molar refractivity (Wildman–Crippen MR) is 124 cm³/mol. The number of amides is 2. The van der Waals surface area contributed by atoms with Crippen LogP contribution in [-0.2, 0) is 9.59 Å². The Hall–Kier alpha value is -3.10. The number of nitrogens with one attached hydrogen (secondary N) is 1. The minimum Gasteiger partial charge on any atom is -0.497 e. The minimum absolute atomic E-state index is 0.126. The van der Waals surface area contributed by atoms with Crippen molar-refractivity contribution < 1.29 is 19.1 Å². The number of anilines is 1. The molecule has 1 aliphatic heterocycles. The standard InChI is InChI=1S/C22H20N2O4S2/c1-3-11-24-21(26)19(30-22(24)29)12-15-7-9-17(10-8-15)28-14-20(25)23-16-5-4-6-18(13-16)27-2/h3-10,12-13H,1,11,14H2,2H3,(H,23,25)/b19-12-. The fraction of sp³-hybridized carbons (Fsp3) is 0.136. The SMILES string of the molecule is C=CCN1C(=O)/C(=C/c2ccc(OCC(=O)Nc3cccc(OC)c3)cc2)SC1=S. The van der Waals surface area contributed by atoms with E-state index in [1.165, 1.54) is 16.7 Å². The molecule has 0 saturated carbocycles. The lowest BCUT2D eigenvalue weighted by Gasteiger charge is -2.10. The number of benzene rings is 2. The van der Waals surface area contributed by atoms with Crippen molar-refractivity contribution in [2.75, 3.05) is 25.6 Å². The molecule has 0 aromatic heterocycles. The van der Waals surface area contributed by atoms with Gasteiger partial charge in [-0.1, -0.05) is 48.3 Å². The van der Waals surface area contributed by atoms with Crippen LogP contribution >= 0.6 is 24.0 Å². The maximum absolute atomic E-state index is 12.4. The number of hydrogen-bond donors (Lipinski definition) is 1. The number of carbonyl (C=O) groups is 2. The van der Waals surface area contributed by atoms with Gasteiger partial charge < -0.3 is 14.8 Å². The van der Waals surface area contributed by atoms with E-state index in [2.05, 4.69) is 11.9 Å². The number of nitrogens with zero attached hydrogens (tertiary/aromatic N) is 1. The first kappa shape index (κ1) is 21.6. The van der Waals surface area contributed by atoms with Gasteiger partial charge in [0.05, 0.1) is 12.0 Å². The van der Waals surface area contributed by atoms with Crippen LogP contribution in [0.4, 0.5) is 5.69 Å². The van der Waals surface area contributed by atoms with Gasteiger partial charge in [-0.2, -0.15) is 0 Å². The maximum atomic E-state index is 12.4. The number of rotatable bonds is 8. The summed E-state index contributed by atoms with van der Waals surface area (Å²) < 4.78 is 11.2. The second-order valence-corrected chi connectivity index (χ2v) is 7.89. The topological polar surface area (TPSA) is 67.9 Å². The zero-order valence-electron chi connectivity index (χ0n) is 16.3. The van der Waals surface area contributed by atoms with Crippen molar-refractivity contribution in [1.29, 1.82) is 0 Å². The first-order chi connectivity index (χ1) is 14.5. The Morgan fingerprint density at radius 3 is 2.70 bits per heavy atom. The van der Waals surface area contributed by atoms with Crippen LogP contribution in [0, 0.1) is 0 Å². The summed E-state index contributed by atoms with van der Waals surface area (Å²) in [6, 6.07) is 14.2. The molecule has 0 spiro atoms. The van der Waals surface area contributed by atoms with Crippen LogP contribution in [0.15, 0.2) is 66.1 Å². The van der Waals surface area contributed by atoms with Gasteiger partial charge in [0.1, 0.15) is 15.8 Å². The molecule has 1 heterocycles. The largest absolute Gasteiger partial charge is 0.497 e. The number of ether oxygens (including phenoxy) is 2. The van der Waals surface area contributed by atoms with Gasteiger partial charge in [0, 0.05) is 18.3 Å². The van der Waals surface area contributed by atoms with Crippen LogP contribution in [0.1, 0.15) is 5.56 Å². The van der Waals surface area contributed by atoms with Gasteiger partial charge in [-0.25, -0.2) is 0 Å². The Bertz CT molecular complexity index is 1000. The average molecular weight is 441 g/mol. The smallest absolute Gasteiger partial charge is 0.266 e. The molecule has 154 valence electrons. The monoisotopic (exact) mass is 440 g/mol. The summed E-state index contributed by atoms with van der Waals surface area (Å²) in [7, 11) is 1.57. The highest BCUT2D eigenvalue weighted by Gasteiger charge is 2.30. The van der Waals surface area contributed by atoms with Crippen molar-refractivity contribution in [3.05, 3.63) is 71.7 Å². The van der Waals surface area contributed by atoms with Crippen molar-refractivity contribution in [2.24, 2.45) is 0 Å². The van der Waals surface area contributed by atoms with Crippen LogP contribution in [0.25, 0.3) is 6.08 Å². The highest BCUT2D eigenvalue weighted by Crippen LogP contribution is 2.32. The fourth-order valence-electron chi connectivity index (χ4n) is 2.64. The maximum Gasteiger partial charge on any atom is 0.266 e. The minimum atomic E-state index is -0.279. The van der Waals surface area contributed by atoms with Gasteiger partial charge in [0.2, 0.25) is 0 Å². The molecule has 0 bridgehead atoms. The summed E-state index contributed by atoms with van der Waals surface area (Å²) in [5, 5.41) is 2.75. The molecule has 6 nitrogen and oxygen atoms in total. The molecule has 0 unspecified atom stereocenters. The van der Waals surface area contributed by atoms with Gasteiger partial charge in [-0.15, -0.1) is 6.58 Å². The van der Waals surface area contributed by atoms with E-state index in [1.54, 1.807) is 55.7 Å². The second-order valence-electron chi connectivity index (χ2n) is 6.22. The molecule has 0 radical (unpaired) electrons. The van der Waals surface area contributed by atoms with Gasteiger partial charge >= 0.3 is 0 Å². The Kier molecular flexibility index (Phi) is 7.26. The number of methoxy groups -OCH3 is 1. The van der Waals surface area contributed by atoms with Gasteiger partial charge in [-0.3, -0.25) is 14.5 Å². The Morgan fingerprint density at radius 1 is 1.23 bits per heavy atom. The van der Waals surface area contributed by atoms with E-state index in [9.17, 15) is 9.59 Å². The summed E-state index contributed by atoms with van der Waals surface area (Å²) in [5.74, 6) is 0.801. The molecular weight excluding hydrogens is 420 g/mol. The third-order valence-corrected chi connectivity index (χ3v) is 5.46. The molecular formula is C22H20N2O4S2. The van der Waals surface area contributed by atoms with E-state index in [0.29, 0.717) is 33.0 Å². The first-order valence-corrected chi connectivity index (χ1v) is 10.3. The normalized spacial score (nSPS) is 14.7. The van der Waals surface area contributed by atoms with Gasteiger partial charge in [0.15, 0.2) is 6.61 Å². The number of hydrogen-bond acceptors (Lipinski definition) is 6. The third kappa shape index (κ3) is 5.49. The highest BCUT2D eigenvalue weighted by molar-refractivity contribution is 8.26. The Balaban J connectivity index is 1.56. The Labute approximate surface area is 184 Å². The van der Waals surface area contributed by atoms with Crippen LogP contribution in [0.3, 0.4) is 0 Å². The van der Waals surface area contributed by atoms with Crippen LogP contribution in [0.2, 0.25) is 0 Å². The molecule has 2 aromatic carbocycles. The van der Waals surface area contributed by atoms with Crippen molar-refractivity contribution >= 4 is 51.9 Å². The predicted octanol–water partition coefficient (Wildman–Crippen LogP) is 4.10. The zero-order valence-corrected chi connectivity index (χ0v) is 17.9. The van der Waals surface area contributed by atoms with Gasteiger partial charge in [0.25, 0.3) is 11.8 Å². The van der Waals surface area contributed by atoms with Crippen molar-refractivity contribution in [3.63, 3.8) is 0 Å². The van der Waals surface area contributed by atoms with Crippen molar-refractivity contribution in [2.45, 2.75) is 0 Å². The van der Waals surface area contributed by atoms with Crippen LogP contribution < -0.4 is 14.8 Å². The van der Waals surface area contributed by atoms with Crippen molar-refractivity contribution in [3.8, 4) is 11.5 Å². The molecule has 1 saturated heterocycles. The summed E-state index contributed by atoms with van der Waals surface area (Å²) in [6.45, 7) is 3.91. The lowest BCUT2D eigenvalue weighted by molar-refractivity contribution is -0.121. The lowest BCUT2D eigenvalue weighted by atomic mass is 10.2. The molecule has 2 amide bonds. The lowest BCUT2D eigenvalue weighted by Crippen LogP contribution is -2.27. The summed E-state index contributed by atoms with van der Waals surface area (Å²) in [5.41, 5.74) is 1.47. The average Bonchev–Trinajstić information content (AvgIpc) is 3.01. The summed E-state index contributed by atoms with van der Waals surface area (Å²) in [4.78, 5) is 26.5. The molecule has 1 N–H and O–H groups in total. The number of thiocarbonyl (C=S) groups is 1. The number of thioether (sulfide) groups is 1. The molecule has 1 aliphatic rings. The quantitative estimate of drug-likeness (QED) is 0.379. The van der Waals surface area contributed by atoms with Crippen LogP contribution in [0.5, 0.6) is 11.5 Å². The van der Waals surface area contributed by atoms with E-state index in [1.807, 2.05) is 12.1 Å². The molecule has 8 heteroatoms. The van der Waals surface area contributed by atoms with E-state index in [-0.39, 0.29) is 18.4 Å².